The van der Waals surface area contributed by atoms with E-state index in [0.717, 1.165) is 25.8 Å². The summed E-state index contributed by atoms with van der Waals surface area (Å²) in [7, 11) is 0.201. The number of amides is 1. The smallest absolute Gasteiger partial charge is 0.265 e. The van der Waals surface area contributed by atoms with Crippen molar-refractivity contribution < 1.29 is 27.7 Å². The molecule has 0 bridgehead atoms. The number of nitrogens with zero attached hydrogens (tertiary/aromatic N) is 1. The van der Waals surface area contributed by atoms with Crippen molar-refractivity contribution in [1.82, 2.24) is 5.32 Å². The van der Waals surface area contributed by atoms with E-state index in [0.29, 0.717) is 30.4 Å². The van der Waals surface area contributed by atoms with Crippen LogP contribution in [0.25, 0.3) is 0 Å². The van der Waals surface area contributed by atoms with Gasteiger partial charge in [0.15, 0.2) is 0 Å². The van der Waals surface area contributed by atoms with Crippen LogP contribution in [0.3, 0.4) is 0 Å². The van der Waals surface area contributed by atoms with Gasteiger partial charge in [-0.05, 0) is 6.42 Å². The molecule has 0 saturated carbocycles. The SMILES string of the molecule is CCCCCCCCCCCC(=O)NCCC[N+](C)(C)CCCS(=O)(=O)O.[OH-]. The Balaban J connectivity index is 0. The van der Waals surface area contributed by atoms with Crippen molar-refractivity contribution >= 4 is 16.0 Å². The Bertz CT molecular complexity index is 481. The molecule has 0 saturated heterocycles. The van der Waals surface area contributed by atoms with E-state index in [1.165, 1.54) is 44.9 Å². The van der Waals surface area contributed by atoms with Gasteiger partial charge in [-0.3, -0.25) is 9.35 Å². The van der Waals surface area contributed by atoms with Gasteiger partial charge in [-0.1, -0.05) is 58.3 Å². The van der Waals surface area contributed by atoms with Crippen molar-refractivity contribution in [1.29, 1.82) is 0 Å². The van der Waals surface area contributed by atoms with Crippen molar-refractivity contribution in [3.8, 4) is 0 Å². The van der Waals surface area contributed by atoms with Crippen molar-refractivity contribution in [2.24, 2.45) is 0 Å². The molecule has 0 aliphatic heterocycles. The van der Waals surface area contributed by atoms with Crippen molar-refractivity contribution in [2.75, 3.05) is 39.5 Å². The van der Waals surface area contributed by atoms with Crippen LogP contribution in [0, 0.1) is 0 Å². The van der Waals surface area contributed by atoms with E-state index in [-0.39, 0.29) is 17.1 Å². The summed E-state index contributed by atoms with van der Waals surface area (Å²) in [5, 5.41) is 2.98. The molecule has 8 heteroatoms. The minimum Gasteiger partial charge on any atom is -0.870 e. The Morgan fingerprint density at radius 3 is 1.89 bits per heavy atom. The van der Waals surface area contributed by atoms with E-state index in [4.69, 9.17) is 4.55 Å². The Morgan fingerprint density at radius 1 is 0.857 bits per heavy atom. The Labute approximate surface area is 172 Å². The predicted molar refractivity (Wildman–Crippen MR) is 114 cm³/mol. The maximum atomic E-state index is 11.8. The van der Waals surface area contributed by atoms with E-state index in [1.807, 2.05) is 14.1 Å². The third-order valence-electron chi connectivity index (χ3n) is 4.94. The first-order valence-electron chi connectivity index (χ1n) is 10.7. The van der Waals surface area contributed by atoms with Crippen LogP contribution in [0.15, 0.2) is 0 Å². The van der Waals surface area contributed by atoms with Crippen molar-refractivity contribution in [3.05, 3.63) is 0 Å². The molecule has 0 rings (SSSR count). The largest absolute Gasteiger partial charge is 0.870 e. The van der Waals surface area contributed by atoms with Gasteiger partial charge in [-0.2, -0.15) is 8.42 Å². The van der Waals surface area contributed by atoms with Crippen LogP contribution in [-0.2, 0) is 14.9 Å². The first kappa shape index (κ1) is 29.5. The number of unbranched alkanes of at least 4 members (excludes halogenated alkanes) is 8. The summed E-state index contributed by atoms with van der Waals surface area (Å²) in [6.45, 7) is 4.45. The van der Waals surface area contributed by atoms with E-state index < -0.39 is 10.1 Å². The fraction of sp³-hybridized carbons (Fsp3) is 0.950. The molecule has 170 valence electrons. The lowest BCUT2D eigenvalue weighted by Gasteiger charge is -2.29. The fourth-order valence-corrected chi connectivity index (χ4v) is 3.70. The van der Waals surface area contributed by atoms with E-state index in [9.17, 15) is 13.2 Å². The first-order valence-corrected chi connectivity index (χ1v) is 12.3. The van der Waals surface area contributed by atoms with Crippen molar-refractivity contribution in [3.63, 3.8) is 0 Å². The molecule has 3 N–H and O–H groups in total. The fourth-order valence-electron chi connectivity index (χ4n) is 3.21. The summed E-state index contributed by atoms with van der Waals surface area (Å²) in [5.41, 5.74) is 0. The lowest BCUT2D eigenvalue weighted by molar-refractivity contribution is -0.890. The van der Waals surface area contributed by atoms with Crippen LogP contribution in [0.4, 0.5) is 0 Å². The Kier molecular flexibility index (Phi) is 18.1. The van der Waals surface area contributed by atoms with Gasteiger partial charge in [-0.15, -0.1) is 0 Å². The van der Waals surface area contributed by atoms with E-state index >= 15 is 0 Å². The second-order valence-corrected chi connectivity index (χ2v) is 9.88. The molecule has 7 nitrogen and oxygen atoms in total. The maximum Gasteiger partial charge on any atom is 0.265 e. The van der Waals surface area contributed by atoms with Gasteiger partial charge in [0, 0.05) is 25.8 Å². The zero-order chi connectivity index (χ0) is 20.6. The Morgan fingerprint density at radius 2 is 1.36 bits per heavy atom. The zero-order valence-corrected chi connectivity index (χ0v) is 19.1. The molecule has 0 fully saturated rings. The van der Waals surface area contributed by atoms with Gasteiger partial charge >= 0.3 is 0 Å². The standard InChI is InChI=1S/C20H42N2O4S.H2O/c1-4-5-6-7-8-9-10-11-12-15-20(23)21-16-13-17-22(2,3)18-14-19-27(24,25)26;/h4-19H2,1-3H3,(H-,21,23,24,25,26);1H2. The number of quaternary nitrogens is 1. The average Bonchev–Trinajstić information content (AvgIpc) is 2.56. The molecule has 0 spiro atoms. The van der Waals surface area contributed by atoms with Crippen LogP contribution in [0.5, 0.6) is 0 Å². The second-order valence-electron chi connectivity index (χ2n) is 8.30. The quantitative estimate of drug-likeness (QED) is 0.198. The van der Waals surface area contributed by atoms with Crippen LogP contribution < -0.4 is 5.32 Å². The number of hydrogen-bond donors (Lipinski definition) is 2. The summed E-state index contributed by atoms with van der Waals surface area (Å²) >= 11 is 0. The molecular formula is C20H44N2O5S. The molecule has 1 amide bonds. The van der Waals surface area contributed by atoms with Gasteiger partial charge in [0.25, 0.3) is 10.1 Å². The lowest BCUT2D eigenvalue weighted by atomic mass is 10.1. The molecule has 28 heavy (non-hydrogen) atoms. The normalized spacial score (nSPS) is 11.9. The van der Waals surface area contributed by atoms with Crippen LogP contribution >= 0.6 is 0 Å². The summed E-state index contributed by atoms with van der Waals surface area (Å²) in [6, 6.07) is 0. The monoisotopic (exact) mass is 424 g/mol. The van der Waals surface area contributed by atoms with E-state index in [1.54, 1.807) is 0 Å². The highest BCUT2D eigenvalue weighted by Gasteiger charge is 2.16. The van der Waals surface area contributed by atoms with E-state index in [2.05, 4.69) is 12.2 Å². The molecule has 0 aliphatic rings. The molecule has 0 heterocycles. The van der Waals surface area contributed by atoms with Gasteiger partial charge in [0.2, 0.25) is 5.91 Å². The number of rotatable bonds is 18. The minimum atomic E-state index is -3.87. The third-order valence-corrected chi connectivity index (χ3v) is 5.74. The van der Waals surface area contributed by atoms with Crippen LogP contribution in [0.2, 0.25) is 0 Å². The van der Waals surface area contributed by atoms with Gasteiger partial charge in [-0.25, -0.2) is 0 Å². The summed E-state index contributed by atoms with van der Waals surface area (Å²) < 4.78 is 31.0. The topological polar surface area (TPSA) is 113 Å². The summed E-state index contributed by atoms with van der Waals surface area (Å²) in [5.74, 6) is -0.0564. The van der Waals surface area contributed by atoms with Crippen molar-refractivity contribution in [2.45, 2.75) is 84.0 Å². The lowest BCUT2D eigenvalue weighted by Crippen LogP contribution is -2.43. The van der Waals surface area contributed by atoms with Gasteiger partial charge in [0.1, 0.15) is 0 Å². The molecule has 0 aliphatic carbocycles. The Hall–Kier alpha value is -0.700. The predicted octanol–water partition coefficient (Wildman–Crippen LogP) is 3.59. The first-order chi connectivity index (χ1) is 12.7. The minimum absolute atomic E-state index is 0. The molecular weight excluding hydrogens is 380 g/mol. The highest BCUT2D eigenvalue weighted by Crippen LogP contribution is 2.10. The summed E-state index contributed by atoms with van der Waals surface area (Å²) in [6.07, 6.45) is 13.2. The molecule has 0 aromatic rings. The molecule has 0 atom stereocenters. The van der Waals surface area contributed by atoms with Crippen LogP contribution in [-0.4, -0.2) is 68.3 Å². The maximum absolute atomic E-state index is 11.8. The molecule has 0 aromatic heterocycles. The molecule has 0 unspecified atom stereocenters. The average molecular weight is 425 g/mol. The molecule has 0 aromatic carbocycles. The number of carbonyl (C=O) groups excluding carboxylic acids is 1. The number of nitrogens with one attached hydrogen (secondary N) is 1. The van der Waals surface area contributed by atoms with Gasteiger partial charge < -0.3 is 15.3 Å². The number of carbonyl (C=O) groups is 1. The second kappa shape index (κ2) is 17.2. The highest BCUT2D eigenvalue weighted by molar-refractivity contribution is 7.85. The zero-order valence-electron chi connectivity index (χ0n) is 18.3. The summed E-state index contributed by atoms with van der Waals surface area (Å²) in [4.78, 5) is 11.8. The third kappa shape index (κ3) is 21.6. The number of hydrogen-bond acceptors (Lipinski definition) is 4. The van der Waals surface area contributed by atoms with Gasteiger partial charge in [0.05, 0.1) is 32.9 Å². The molecule has 0 radical (unpaired) electrons. The highest BCUT2D eigenvalue weighted by atomic mass is 32.2. The van der Waals surface area contributed by atoms with Crippen LogP contribution in [0.1, 0.15) is 84.0 Å².